The van der Waals surface area contributed by atoms with E-state index in [0.717, 1.165) is 32.1 Å². The summed E-state index contributed by atoms with van der Waals surface area (Å²) in [7, 11) is 0. The van der Waals surface area contributed by atoms with Gasteiger partial charge >= 0.3 is 12.1 Å². The number of benzene rings is 1. The summed E-state index contributed by atoms with van der Waals surface area (Å²) >= 11 is 0. The van der Waals surface area contributed by atoms with E-state index in [-0.39, 0.29) is 23.8 Å². The molecule has 2 heterocycles. The van der Waals surface area contributed by atoms with E-state index < -0.39 is 11.6 Å². The van der Waals surface area contributed by atoms with E-state index in [4.69, 9.17) is 9.47 Å². The summed E-state index contributed by atoms with van der Waals surface area (Å²) in [5.74, 6) is -0.277. The van der Waals surface area contributed by atoms with Gasteiger partial charge < -0.3 is 24.6 Å². The van der Waals surface area contributed by atoms with Gasteiger partial charge in [0.1, 0.15) is 5.60 Å². The Balaban J connectivity index is 1.41. The van der Waals surface area contributed by atoms with Crippen LogP contribution in [0.5, 0.6) is 0 Å². The fourth-order valence-corrected chi connectivity index (χ4v) is 4.78. The maximum atomic E-state index is 12.9. The van der Waals surface area contributed by atoms with Crippen molar-refractivity contribution in [2.45, 2.75) is 71.8 Å². The minimum absolute atomic E-state index is 0.0888. The number of amides is 3. The Morgan fingerprint density at radius 3 is 2.27 bits per heavy atom. The first-order valence-electron chi connectivity index (χ1n) is 13.4. The van der Waals surface area contributed by atoms with Crippen LogP contribution in [-0.2, 0) is 19.1 Å². The monoisotopic (exact) mass is 515 g/mol. The lowest BCUT2D eigenvalue weighted by molar-refractivity contribution is -0.135. The van der Waals surface area contributed by atoms with Gasteiger partial charge in [-0.25, -0.2) is 9.59 Å². The third-order valence-corrected chi connectivity index (χ3v) is 6.84. The van der Waals surface area contributed by atoms with Gasteiger partial charge in [0.2, 0.25) is 11.8 Å². The second kappa shape index (κ2) is 12.9. The van der Waals surface area contributed by atoms with Gasteiger partial charge in [0.25, 0.3) is 0 Å². The summed E-state index contributed by atoms with van der Waals surface area (Å²) in [6, 6.07) is 6.62. The van der Waals surface area contributed by atoms with Gasteiger partial charge in [0, 0.05) is 38.3 Å². The highest BCUT2D eigenvalue weighted by atomic mass is 16.6. The molecule has 1 atom stereocenters. The molecular formula is C28H41N3O6. The highest BCUT2D eigenvalue weighted by Gasteiger charge is 2.30. The van der Waals surface area contributed by atoms with Crippen molar-refractivity contribution in [3.05, 3.63) is 29.8 Å². The van der Waals surface area contributed by atoms with E-state index in [1.54, 1.807) is 36.1 Å². The molecule has 1 aromatic rings. The molecule has 9 heteroatoms. The smallest absolute Gasteiger partial charge is 0.410 e. The van der Waals surface area contributed by atoms with Crippen LogP contribution in [-0.4, -0.2) is 72.1 Å². The van der Waals surface area contributed by atoms with Crippen LogP contribution < -0.4 is 5.32 Å². The molecule has 2 aliphatic rings. The summed E-state index contributed by atoms with van der Waals surface area (Å²) < 4.78 is 10.4. The van der Waals surface area contributed by atoms with Crippen molar-refractivity contribution in [2.75, 3.05) is 38.1 Å². The quantitative estimate of drug-likeness (QED) is 0.537. The summed E-state index contributed by atoms with van der Waals surface area (Å²) in [5, 5.41) is 2.91. The summed E-state index contributed by atoms with van der Waals surface area (Å²) in [5.41, 5.74) is 0.544. The maximum absolute atomic E-state index is 12.9. The molecule has 2 aliphatic heterocycles. The molecule has 3 amide bonds. The van der Waals surface area contributed by atoms with Crippen molar-refractivity contribution in [3.63, 3.8) is 0 Å². The van der Waals surface area contributed by atoms with Gasteiger partial charge in [-0.15, -0.1) is 0 Å². The number of hydrogen-bond donors (Lipinski definition) is 1. The van der Waals surface area contributed by atoms with E-state index in [1.807, 2.05) is 25.7 Å². The van der Waals surface area contributed by atoms with E-state index in [0.29, 0.717) is 56.4 Å². The van der Waals surface area contributed by atoms with Crippen LogP contribution >= 0.6 is 0 Å². The Morgan fingerprint density at radius 2 is 1.65 bits per heavy atom. The largest absolute Gasteiger partial charge is 0.462 e. The third-order valence-electron chi connectivity index (χ3n) is 6.84. The zero-order valence-corrected chi connectivity index (χ0v) is 22.6. The molecule has 1 N–H and O–H groups in total. The van der Waals surface area contributed by atoms with Crippen LogP contribution in [0, 0.1) is 11.8 Å². The highest BCUT2D eigenvalue weighted by Crippen LogP contribution is 2.25. The van der Waals surface area contributed by atoms with Gasteiger partial charge in [0.15, 0.2) is 0 Å². The summed E-state index contributed by atoms with van der Waals surface area (Å²) in [6.45, 7) is 10.1. The molecule has 0 bridgehead atoms. The molecule has 0 saturated carbocycles. The Bertz CT molecular complexity index is 948. The van der Waals surface area contributed by atoms with Crippen molar-refractivity contribution in [1.82, 2.24) is 9.80 Å². The van der Waals surface area contributed by atoms with Crippen molar-refractivity contribution in [3.8, 4) is 0 Å². The lowest BCUT2D eigenvalue weighted by Gasteiger charge is -2.34. The lowest BCUT2D eigenvalue weighted by atomic mass is 9.91. The minimum Gasteiger partial charge on any atom is -0.462 e. The highest BCUT2D eigenvalue weighted by molar-refractivity contribution is 5.94. The number of likely N-dealkylation sites (tertiary alicyclic amines) is 2. The summed E-state index contributed by atoms with van der Waals surface area (Å²) in [4.78, 5) is 53.4. The standard InChI is InChI=1S/C28H41N3O6/c1-5-36-26(34)21-9-11-23(12-10-21)29-25(33)22-7-6-16-31(19-22)24(32)13-8-20-14-17-30(18-15-20)27(35)37-28(2,3)4/h9-12,20,22H,5-8,13-19H2,1-4H3,(H,29,33). The normalized spacial score (nSPS) is 18.8. The lowest BCUT2D eigenvalue weighted by Crippen LogP contribution is -2.44. The van der Waals surface area contributed by atoms with E-state index in [2.05, 4.69) is 5.32 Å². The number of rotatable bonds is 7. The molecule has 1 aromatic carbocycles. The van der Waals surface area contributed by atoms with Crippen molar-refractivity contribution >= 4 is 29.6 Å². The fraction of sp³-hybridized carbons (Fsp3) is 0.643. The molecule has 2 fully saturated rings. The van der Waals surface area contributed by atoms with Crippen molar-refractivity contribution in [1.29, 1.82) is 0 Å². The molecular weight excluding hydrogens is 474 g/mol. The zero-order valence-electron chi connectivity index (χ0n) is 22.6. The first-order valence-corrected chi connectivity index (χ1v) is 13.4. The molecule has 0 spiro atoms. The number of nitrogens with one attached hydrogen (secondary N) is 1. The van der Waals surface area contributed by atoms with E-state index in [1.165, 1.54) is 0 Å². The van der Waals surface area contributed by atoms with Crippen LogP contribution in [0.2, 0.25) is 0 Å². The number of piperidine rings is 2. The van der Waals surface area contributed by atoms with Gasteiger partial charge in [-0.3, -0.25) is 9.59 Å². The number of ether oxygens (including phenoxy) is 2. The molecule has 37 heavy (non-hydrogen) atoms. The predicted molar refractivity (Wildman–Crippen MR) is 140 cm³/mol. The second-order valence-corrected chi connectivity index (χ2v) is 10.9. The van der Waals surface area contributed by atoms with Gasteiger partial charge in [-0.2, -0.15) is 0 Å². The minimum atomic E-state index is -0.502. The Kier molecular flexibility index (Phi) is 9.94. The number of carbonyl (C=O) groups is 4. The molecule has 204 valence electrons. The second-order valence-electron chi connectivity index (χ2n) is 10.9. The zero-order chi connectivity index (χ0) is 27.0. The molecule has 1 unspecified atom stereocenters. The molecule has 0 radical (unpaired) electrons. The first-order chi connectivity index (χ1) is 17.6. The number of nitrogens with zero attached hydrogens (tertiary/aromatic N) is 2. The third kappa shape index (κ3) is 8.76. The number of hydrogen-bond acceptors (Lipinski definition) is 6. The maximum Gasteiger partial charge on any atom is 0.410 e. The van der Waals surface area contributed by atoms with Crippen LogP contribution in [0.4, 0.5) is 10.5 Å². The SMILES string of the molecule is CCOC(=O)c1ccc(NC(=O)C2CCCN(C(=O)CCC3CCN(C(=O)OC(C)(C)C)CC3)C2)cc1. The summed E-state index contributed by atoms with van der Waals surface area (Å²) in [6.07, 6.45) is 4.25. The fourth-order valence-electron chi connectivity index (χ4n) is 4.78. The van der Waals surface area contributed by atoms with Gasteiger partial charge in [-0.05, 0) is 90.0 Å². The van der Waals surface area contributed by atoms with Crippen LogP contribution in [0.3, 0.4) is 0 Å². The average Bonchev–Trinajstić information content (AvgIpc) is 2.87. The van der Waals surface area contributed by atoms with Gasteiger partial charge in [0.05, 0.1) is 18.1 Å². The number of anilines is 1. The Morgan fingerprint density at radius 1 is 0.973 bits per heavy atom. The topological polar surface area (TPSA) is 105 Å². The molecule has 9 nitrogen and oxygen atoms in total. The van der Waals surface area contributed by atoms with Gasteiger partial charge in [-0.1, -0.05) is 0 Å². The first kappa shape index (κ1) is 28.5. The van der Waals surface area contributed by atoms with Crippen molar-refractivity contribution < 1.29 is 28.7 Å². The molecule has 2 saturated heterocycles. The van der Waals surface area contributed by atoms with Crippen LogP contribution in [0.1, 0.15) is 76.6 Å². The van der Waals surface area contributed by atoms with E-state index >= 15 is 0 Å². The predicted octanol–water partition coefficient (Wildman–Crippen LogP) is 4.47. The molecule has 3 rings (SSSR count). The average molecular weight is 516 g/mol. The van der Waals surface area contributed by atoms with Crippen LogP contribution in [0.15, 0.2) is 24.3 Å². The molecule has 0 aliphatic carbocycles. The number of carbonyl (C=O) groups excluding carboxylic acids is 4. The Labute approximate surface area is 219 Å². The Hall–Kier alpha value is -3.10. The van der Waals surface area contributed by atoms with Crippen LogP contribution in [0.25, 0.3) is 0 Å². The molecule has 0 aromatic heterocycles. The van der Waals surface area contributed by atoms with Crippen molar-refractivity contribution in [2.24, 2.45) is 11.8 Å². The number of esters is 1. The van der Waals surface area contributed by atoms with E-state index in [9.17, 15) is 19.2 Å².